The van der Waals surface area contributed by atoms with E-state index in [0.717, 1.165) is 27.8 Å². The van der Waals surface area contributed by atoms with Gasteiger partial charge in [-0.2, -0.15) is 0 Å². The van der Waals surface area contributed by atoms with E-state index in [0.29, 0.717) is 28.2 Å². The van der Waals surface area contributed by atoms with Crippen molar-refractivity contribution in [2.45, 2.75) is 13.8 Å². The van der Waals surface area contributed by atoms with Crippen molar-refractivity contribution in [2.75, 3.05) is 0 Å². The summed E-state index contributed by atoms with van der Waals surface area (Å²) in [7, 11) is 0. The molecular weight excluding hydrogens is 539 g/mol. The molecule has 0 heterocycles. The lowest BCUT2D eigenvalue weighted by atomic mass is 10.1. The van der Waals surface area contributed by atoms with E-state index in [4.69, 9.17) is 9.47 Å². The molecule has 4 rings (SSSR count). The van der Waals surface area contributed by atoms with Crippen molar-refractivity contribution in [3.8, 4) is 11.5 Å². The van der Waals surface area contributed by atoms with Crippen LogP contribution >= 0.6 is 0 Å². The molecule has 0 aliphatic heterocycles. The maximum atomic E-state index is 14.8. The second-order valence-electron chi connectivity index (χ2n) is 9.93. The predicted octanol–water partition coefficient (Wildman–Crippen LogP) is 9.30. The number of hydrogen-bond acceptors (Lipinski definition) is 4. The van der Waals surface area contributed by atoms with Crippen LogP contribution in [0, 0.1) is 5.82 Å². The second-order valence-corrected chi connectivity index (χ2v) is 9.93. The van der Waals surface area contributed by atoms with Gasteiger partial charge in [-0.05, 0) is 72.0 Å². The first-order chi connectivity index (χ1) is 20.7. The first-order valence-corrected chi connectivity index (χ1v) is 13.6. The molecule has 0 amide bonds. The highest BCUT2D eigenvalue weighted by atomic mass is 19.1. The summed E-state index contributed by atoms with van der Waals surface area (Å²) < 4.78 is 25.4. The van der Waals surface area contributed by atoms with Gasteiger partial charge in [0.15, 0.2) is 0 Å². The molecule has 4 nitrogen and oxygen atoms in total. The van der Waals surface area contributed by atoms with Gasteiger partial charge in [0.25, 0.3) is 0 Å². The standard InChI is InChI=1S/C38H31FO4/c1-26(2)37(40)42-34-9-5-7-30(23-34)17-15-28-11-13-29(14-12-28)16-18-32-20-22-33(36(39)25-32)21-19-31-8-6-10-35(24-31)43-38(41)27(3)4/h5-25H,1,3H2,2,4H3. The van der Waals surface area contributed by atoms with E-state index < -0.39 is 11.9 Å². The van der Waals surface area contributed by atoms with Gasteiger partial charge in [-0.15, -0.1) is 0 Å². The Labute approximate surface area is 251 Å². The van der Waals surface area contributed by atoms with E-state index >= 15 is 0 Å². The molecule has 0 saturated heterocycles. The summed E-state index contributed by atoms with van der Waals surface area (Å²) in [5.41, 5.74) is 5.48. The summed E-state index contributed by atoms with van der Waals surface area (Å²) in [6, 6.07) is 27.2. The van der Waals surface area contributed by atoms with Crippen molar-refractivity contribution < 1.29 is 23.5 Å². The molecule has 4 aromatic carbocycles. The summed E-state index contributed by atoms with van der Waals surface area (Å²) in [6.07, 6.45) is 11.1. The van der Waals surface area contributed by atoms with E-state index in [1.807, 2.05) is 72.8 Å². The maximum absolute atomic E-state index is 14.8. The fourth-order valence-electron chi connectivity index (χ4n) is 3.82. The molecule has 214 valence electrons. The minimum Gasteiger partial charge on any atom is -0.423 e. The number of hydrogen-bond donors (Lipinski definition) is 0. The van der Waals surface area contributed by atoms with E-state index in [2.05, 4.69) is 13.2 Å². The molecule has 0 fully saturated rings. The Morgan fingerprint density at radius 1 is 0.558 bits per heavy atom. The van der Waals surface area contributed by atoms with Crippen LogP contribution in [-0.4, -0.2) is 11.9 Å². The fourth-order valence-corrected chi connectivity index (χ4v) is 3.82. The number of halogens is 1. The molecule has 0 aromatic heterocycles. The topological polar surface area (TPSA) is 52.6 Å². The third-order valence-corrected chi connectivity index (χ3v) is 6.19. The zero-order chi connectivity index (χ0) is 30.8. The SMILES string of the molecule is C=C(C)C(=O)Oc1cccc(C=Cc2ccc(C=Cc3ccc(C=Cc4cccc(OC(=O)C(=C)C)c4)c(F)c3)cc2)c1. The molecule has 43 heavy (non-hydrogen) atoms. The Bertz CT molecular complexity index is 1760. The van der Waals surface area contributed by atoms with Crippen LogP contribution in [0.1, 0.15) is 47.2 Å². The van der Waals surface area contributed by atoms with Gasteiger partial charge in [-0.3, -0.25) is 0 Å². The van der Waals surface area contributed by atoms with Gasteiger partial charge < -0.3 is 9.47 Å². The van der Waals surface area contributed by atoms with Gasteiger partial charge in [-0.1, -0.05) is 110 Å². The number of benzene rings is 4. The van der Waals surface area contributed by atoms with Crippen molar-refractivity contribution in [2.24, 2.45) is 0 Å². The third-order valence-electron chi connectivity index (χ3n) is 6.19. The van der Waals surface area contributed by atoms with E-state index in [-0.39, 0.29) is 5.82 Å². The van der Waals surface area contributed by atoms with E-state index in [1.165, 1.54) is 6.07 Å². The van der Waals surface area contributed by atoms with Gasteiger partial charge in [0, 0.05) is 16.7 Å². The van der Waals surface area contributed by atoms with Crippen molar-refractivity contribution >= 4 is 48.4 Å². The minimum absolute atomic E-state index is 0.311. The number of carbonyl (C=O) groups excluding carboxylic acids is 2. The Kier molecular flexibility index (Phi) is 10.2. The maximum Gasteiger partial charge on any atom is 0.338 e. The van der Waals surface area contributed by atoms with Gasteiger partial charge in [-0.25, -0.2) is 14.0 Å². The monoisotopic (exact) mass is 570 g/mol. The van der Waals surface area contributed by atoms with Crippen LogP contribution in [0.25, 0.3) is 36.5 Å². The van der Waals surface area contributed by atoms with Crippen LogP contribution in [0.2, 0.25) is 0 Å². The zero-order valence-electron chi connectivity index (χ0n) is 24.0. The third kappa shape index (κ3) is 9.23. The molecule has 4 aromatic rings. The second kappa shape index (κ2) is 14.4. The number of carbonyl (C=O) groups is 2. The highest BCUT2D eigenvalue weighted by Crippen LogP contribution is 2.20. The lowest BCUT2D eigenvalue weighted by Gasteiger charge is -2.04. The number of esters is 2. The Morgan fingerprint density at radius 3 is 1.40 bits per heavy atom. The van der Waals surface area contributed by atoms with Gasteiger partial charge in [0.05, 0.1) is 0 Å². The van der Waals surface area contributed by atoms with E-state index in [9.17, 15) is 14.0 Å². The molecule has 0 N–H and O–H groups in total. The Balaban J connectivity index is 1.36. The minimum atomic E-state index is -0.494. The lowest BCUT2D eigenvalue weighted by molar-refractivity contribution is -0.130. The molecular formula is C38H31FO4. The average molecular weight is 571 g/mol. The van der Waals surface area contributed by atoms with Crippen LogP contribution in [-0.2, 0) is 9.59 Å². The summed E-state index contributed by atoms with van der Waals surface area (Å²) in [6.45, 7) is 10.4. The van der Waals surface area contributed by atoms with Crippen LogP contribution in [0.3, 0.4) is 0 Å². The number of ether oxygens (including phenoxy) is 2. The van der Waals surface area contributed by atoms with Crippen molar-refractivity contribution in [1.82, 2.24) is 0 Å². The summed E-state index contributed by atoms with van der Waals surface area (Å²) in [4.78, 5) is 23.5. The molecule has 5 heteroatoms. The summed E-state index contributed by atoms with van der Waals surface area (Å²) in [5, 5.41) is 0. The molecule has 0 atom stereocenters. The zero-order valence-corrected chi connectivity index (χ0v) is 24.0. The largest absolute Gasteiger partial charge is 0.423 e. The first-order valence-electron chi connectivity index (χ1n) is 13.6. The predicted molar refractivity (Wildman–Crippen MR) is 173 cm³/mol. The molecule has 0 aliphatic rings. The quantitative estimate of drug-likeness (QED) is 0.0825. The van der Waals surface area contributed by atoms with Crippen molar-refractivity contribution in [3.63, 3.8) is 0 Å². The normalized spacial score (nSPS) is 11.2. The molecule has 0 unspecified atom stereocenters. The number of rotatable bonds is 10. The summed E-state index contributed by atoms with van der Waals surface area (Å²) >= 11 is 0. The molecule has 0 spiro atoms. The fraction of sp³-hybridized carbons (Fsp3) is 0.0526. The van der Waals surface area contributed by atoms with Crippen LogP contribution in [0.5, 0.6) is 11.5 Å². The van der Waals surface area contributed by atoms with Crippen molar-refractivity contribution in [3.05, 3.63) is 154 Å². The highest BCUT2D eigenvalue weighted by molar-refractivity contribution is 5.89. The highest BCUT2D eigenvalue weighted by Gasteiger charge is 2.06. The molecule has 0 saturated carbocycles. The summed E-state index contributed by atoms with van der Waals surface area (Å²) in [5.74, 6) is -0.434. The smallest absolute Gasteiger partial charge is 0.338 e. The van der Waals surface area contributed by atoms with Gasteiger partial charge in [0.2, 0.25) is 0 Å². The molecule has 0 bridgehead atoms. The lowest BCUT2D eigenvalue weighted by Crippen LogP contribution is -2.08. The van der Waals surface area contributed by atoms with Crippen molar-refractivity contribution in [1.29, 1.82) is 0 Å². The Hall–Kier alpha value is -5.55. The average Bonchev–Trinajstić information content (AvgIpc) is 2.99. The van der Waals surface area contributed by atoms with Gasteiger partial charge in [0.1, 0.15) is 17.3 Å². The van der Waals surface area contributed by atoms with E-state index in [1.54, 1.807) is 62.4 Å². The molecule has 0 aliphatic carbocycles. The first kappa shape index (κ1) is 30.4. The van der Waals surface area contributed by atoms with Crippen LogP contribution < -0.4 is 9.47 Å². The molecule has 0 radical (unpaired) electrons. The Morgan fingerprint density at radius 2 is 0.953 bits per heavy atom. The van der Waals surface area contributed by atoms with Gasteiger partial charge >= 0.3 is 11.9 Å². The van der Waals surface area contributed by atoms with Crippen LogP contribution in [0.4, 0.5) is 4.39 Å². The van der Waals surface area contributed by atoms with Crippen LogP contribution in [0.15, 0.2) is 115 Å².